The molecule has 1 saturated carbocycles. The van der Waals surface area contributed by atoms with Crippen LogP contribution in [-0.2, 0) is 4.74 Å². The quantitative estimate of drug-likeness (QED) is 0.801. The third-order valence-corrected chi connectivity index (χ3v) is 4.88. The molecule has 1 N–H and O–H groups in total. The maximum Gasteiger partial charge on any atom is 0.0616 e. The Morgan fingerprint density at radius 1 is 1.16 bits per heavy atom. The highest BCUT2D eigenvalue weighted by Crippen LogP contribution is 2.35. The maximum absolute atomic E-state index is 5.55. The molecule has 3 unspecified atom stereocenters. The van der Waals surface area contributed by atoms with Crippen LogP contribution in [0.2, 0.25) is 0 Å². The van der Waals surface area contributed by atoms with E-state index in [0.717, 1.165) is 31.1 Å². The van der Waals surface area contributed by atoms with Gasteiger partial charge in [-0.25, -0.2) is 0 Å². The second kappa shape index (κ2) is 7.05. The minimum atomic E-state index is 0.485. The molecule has 2 aliphatic rings. The Morgan fingerprint density at radius 3 is 2.32 bits per heavy atom. The summed E-state index contributed by atoms with van der Waals surface area (Å²) in [5.74, 6) is 1.69. The van der Waals surface area contributed by atoms with Crippen molar-refractivity contribution in [2.24, 2.45) is 11.8 Å². The largest absolute Gasteiger partial charge is 0.380 e. The van der Waals surface area contributed by atoms with E-state index in [0.29, 0.717) is 12.1 Å². The Kier molecular flexibility index (Phi) is 5.67. The fraction of sp³-hybridized carbons (Fsp3) is 1.00. The Balaban J connectivity index is 1.90. The molecule has 0 radical (unpaired) electrons. The van der Waals surface area contributed by atoms with Crippen LogP contribution < -0.4 is 5.32 Å². The Morgan fingerprint density at radius 2 is 1.79 bits per heavy atom. The lowest BCUT2D eigenvalue weighted by molar-refractivity contribution is 0.0187. The van der Waals surface area contributed by atoms with Gasteiger partial charge in [-0.3, -0.25) is 0 Å². The van der Waals surface area contributed by atoms with Crippen LogP contribution in [0.4, 0.5) is 0 Å². The highest BCUT2D eigenvalue weighted by atomic mass is 16.5. The Labute approximate surface area is 119 Å². The van der Waals surface area contributed by atoms with E-state index in [1.54, 1.807) is 0 Å². The van der Waals surface area contributed by atoms with Gasteiger partial charge in [0.15, 0.2) is 0 Å². The standard InChI is InChI=1S/C16H32N2O/c1-5-19-11-13(4)17-16-14-7-6-8-15(16)10-18(9-14)12(2)3/h12-17H,5-11H2,1-4H3. The molecule has 19 heavy (non-hydrogen) atoms. The predicted octanol–water partition coefficient (Wildman–Crippen LogP) is 2.51. The molecule has 0 aromatic rings. The molecule has 112 valence electrons. The van der Waals surface area contributed by atoms with Crippen molar-refractivity contribution in [2.45, 2.75) is 65.1 Å². The van der Waals surface area contributed by atoms with Gasteiger partial charge in [0.25, 0.3) is 0 Å². The summed E-state index contributed by atoms with van der Waals surface area (Å²) in [6.45, 7) is 13.2. The van der Waals surface area contributed by atoms with E-state index in [9.17, 15) is 0 Å². The number of piperidine rings is 1. The molecule has 1 aliphatic carbocycles. The van der Waals surface area contributed by atoms with Crippen LogP contribution in [-0.4, -0.2) is 49.3 Å². The molecule has 1 aliphatic heterocycles. The lowest BCUT2D eigenvalue weighted by Gasteiger charge is -2.49. The number of hydrogen-bond donors (Lipinski definition) is 1. The summed E-state index contributed by atoms with van der Waals surface area (Å²) in [7, 11) is 0. The molecular weight excluding hydrogens is 236 g/mol. The molecule has 2 fully saturated rings. The van der Waals surface area contributed by atoms with Gasteiger partial charge in [-0.1, -0.05) is 6.42 Å². The van der Waals surface area contributed by atoms with Crippen LogP contribution >= 0.6 is 0 Å². The summed E-state index contributed by atoms with van der Waals surface area (Å²) < 4.78 is 5.55. The zero-order valence-electron chi connectivity index (χ0n) is 13.2. The summed E-state index contributed by atoms with van der Waals surface area (Å²) >= 11 is 0. The molecule has 2 bridgehead atoms. The van der Waals surface area contributed by atoms with Gasteiger partial charge < -0.3 is 15.0 Å². The Bertz CT molecular complexity index is 255. The number of nitrogens with zero attached hydrogens (tertiary/aromatic N) is 1. The zero-order chi connectivity index (χ0) is 13.8. The highest BCUT2D eigenvalue weighted by molar-refractivity contribution is 4.96. The molecule has 0 amide bonds. The van der Waals surface area contributed by atoms with Crippen molar-refractivity contribution in [3.63, 3.8) is 0 Å². The van der Waals surface area contributed by atoms with Gasteiger partial charge in [0.05, 0.1) is 6.61 Å². The van der Waals surface area contributed by atoms with Crippen molar-refractivity contribution in [2.75, 3.05) is 26.3 Å². The van der Waals surface area contributed by atoms with Gasteiger partial charge in [-0.15, -0.1) is 0 Å². The van der Waals surface area contributed by atoms with Crippen molar-refractivity contribution in [1.82, 2.24) is 10.2 Å². The van der Waals surface area contributed by atoms with Crippen molar-refractivity contribution in [1.29, 1.82) is 0 Å². The highest BCUT2D eigenvalue weighted by Gasteiger charge is 2.40. The molecule has 3 nitrogen and oxygen atoms in total. The number of hydrogen-bond acceptors (Lipinski definition) is 3. The van der Waals surface area contributed by atoms with E-state index < -0.39 is 0 Å². The second-order valence-electron chi connectivity index (χ2n) is 6.75. The van der Waals surface area contributed by atoms with E-state index in [1.807, 2.05) is 0 Å². The maximum atomic E-state index is 5.55. The lowest BCUT2D eigenvalue weighted by atomic mass is 9.73. The van der Waals surface area contributed by atoms with Gasteiger partial charge in [0, 0.05) is 37.8 Å². The van der Waals surface area contributed by atoms with E-state index in [2.05, 4.69) is 37.9 Å². The topological polar surface area (TPSA) is 24.5 Å². The average molecular weight is 268 g/mol. The van der Waals surface area contributed by atoms with Gasteiger partial charge in [-0.05, 0) is 52.4 Å². The molecule has 1 saturated heterocycles. The molecule has 3 heteroatoms. The third-order valence-electron chi connectivity index (χ3n) is 4.88. The first-order chi connectivity index (χ1) is 9.11. The van der Waals surface area contributed by atoms with E-state index >= 15 is 0 Å². The number of fused-ring (bicyclic) bond motifs is 2. The summed E-state index contributed by atoms with van der Waals surface area (Å²) in [5, 5.41) is 3.86. The van der Waals surface area contributed by atoms with E-state index in [-0.39, 0.29) is 0 Å². The third kappa shape index (κ3) is 3.93. The van der Waals surface area contributed by atoms with Crippen molar-refractivity contribution in [3.05, 3.63) is 0 Å². The number of ether oxygens (including phenoxy) is 1. The van der Waals surface area contributed by atoms with Gasteiger partial charge in [0.1, 0.15) is 0 Å². The van der Waals surface area contributed by atoms with Gasteiger partial charge >= 0.3 is 0 Å². The molecule has 0 aromatic heterocycles. The molecule has 1 heterocycles. The molecule has 3 atom stereocenters. The molecular formula is C16H32N2O. The predicted molar refractivity (Wildman–Crippen MR) is 80.4 cm³/mol. The van der Waals surface area contributed by atoms with Crippen LogP contribution in [0.15, 0.2) is 0 Å². The van der Waals surface area contributed by atoms with E-state index in [1.165, 1.54) is 32.4 Å². The summed E-state index contributed by atoms with van der Waals surface area (Å²) in [6, 6.07) is 1.91. The number of likely N-dealkylation sites (tertiary alicyclic amines) is 1. The van der Waals surface area contributed by atoms with Crippen molar-refractivity contribution in [3.8, 4) is 0 Å². The average Bonchev–Trinajstić information content (AvgIpc) is 2.35. The van der Waals surface area contributed by atoms with Crippen LogP contribution in [0.1, 0.15) is 47.0 Å². The van der Waals surface area contributed by atoms with Crippen LogP contribution in [0.3, 0.4) is 0 Å². The smallest absolute Gasteiger partial charge is 0.0616 e. The molecule has 2 rings (SSSR count). The summed E-state index contributed by atoms with van der Waals surface area (Å²) in [6.07, 6.45) is 4.23. The minimum absolute atomic E-state index is 0.485. The van der Waals surface area contributed by atoms with Crippen LogP contribution in [0.25, 0.3) is 0 Å². The fourth-order valence-corrected chi connectivity index (χ4v) is 3.84. The zero-order valence-corrected chi connectivity index (χ0v) is 13.2. The molecule has 0 spiro atoms. The van der Waals surface area contributed by atoms with Gasteiger partial charge in [-0.2, -0.15) is 0 Å². The van der Waals surface area contributed by atoms with Gasteiger partial charge in [0.2, 0.25) is 0 Å². The fourth-order valence-electron chi connectivity index (χ4n) is 3.84. The first-order valence-corrected chi connectivity index (χ1v) is 8.19. The monoisotopic (exact) mass is 268 g/mol. The number of nitrogens with one attached hydrogen (secondary N) is 1. The second-order valence-corrected chi connectivity index (χ2v) is 6.75. The van der Waals surface area contributed by atoms with Crippen molar-refractivity contribution >= 4 is 0 Å². The summed E-state index contributed by atoms with van der Waals surface area (Å²) in [5.41, 5.74) is 0. The SMILES string of the molecule is CCOCC(C)NC1C2CCCC1CN(C(C)C)C2. The summed E-state index contributed by atoms with van der Waals surface area (Å²) in [4.78, 5) is 2.68. The van der Waals surface area contributed by atoms with Crippen LogP contribution in [0, 0.1) is 11.8 Å². The van der Waals surface area contributed by atoms with Crippen molar-refractivity contribution < 1.29 is 4.74 Å². The van der Waals surface area contributed by atoms with Crippen LogP contribution in [0.5, 0.6) is 0 Å². The normalized spacial score (nSPS) is 33.6. The number of rotatable bonds is 6. The van der Waals surface area contributed by atoms with E-state index in [4.69, 9.17) is 4.74 Å². The first-order valence-electron chi connectivity index (χ1n) is 8.19. The lowest BCUT2D eigenvalue weighted by Crippen LogP contribution is -2.60. The molecule has 0 aromatic carbocycles. The minimum Gasteiger partial charge on any atom is -0.380 e. The Hall–Kier alpha value is -0.120. The first kappa shape index (κ1) is 15.3.